The van der Waals surface area contributed by atoms with Crippen LogP contribution in [0.3, 0.4) is 0 Å². The lowest BCUT2D eigenvalue weighted by molar-refractivity contribution is 0.899. The van der Waals surface area contributed by atoms with Gasteiger partial charge in [-0.3, -0.25) is 4.79 Å². The monoisotopic (exact) mass is 262 g/mol. The zero-order valence-corrected chi connectivity index (χ0v) is 10.8. The maximum atomic E-state index is 11.3. The van der Waals surface area contributed by atoms with Crippen molar-refractivity contribution in [3.05, 3.63) is 46.0 Å². The summed E-state index contributed by atoms with van der Waals surface area (Å²) in [4.78, 5) is 22.5. The van der Waals surface area contributed by atoms with Gasteiger partial charge in [-0.2, -0.15) is 0 Å². The van der Waals surface area contributed by atoms with E-state index in [4.69, 9.17) is 5.73 Å². The van der Waals surface area contributed by atoms with Crippen molar-refractivity contribution < 1.29 is 0 Å². The van der Waals surface area contributed by atoms with Crippen LogP contribution in [0.4, 0.5) is 0 Å². The highest BCUT2D eigenvalue weighted by Gasteiger charge is 2.03. The summed E-state index contributed by atoms with van der Waals surface area (Å²) in [7, 11) is 0. The van der Waals surface area contributed by atoms with Crippen LogP contribution in [0.1, 0.15) is 11.3 Å². The number of H-pyrrole nitrogens is 1. The Kier molecular flexibility index (Phi) is 4.11. The molecule has 6 heteroatoms. The standard InChI is InChI=1S/C12H14N4OS/c1-8-6-10(17)16-12(15-8)18-11-3-2-9(4-5-13)7-14-11/h2-3,6-7H,4-5,13H2,1H3,(H,15,16,17). The summed E-state index contributed by atoms with van der Waals surface area (Å²) in [6, 6.07) is 5.34. The Morgan fingerprint density at radius 2 is 2.28 bits per heavy atom. The topological polar surface area (TPSA) is 84.7 Å². The van der Waals surface area contributed by atoms with E-state index in [0.717, 1.165) is 17.0 Å². The molecule has 0 spiro atoms. The van der Waals surface area contributed by atoms with Crippen molar-refractivity contribution in [2.45, 2.75) is 23.5 Å². The summed E-state index contributed by atoms with van der Waals surface area (Å²) in [5.74, 6) is 0. The maximum Gasteiger partial charge on any atom is 0.251 e. The van der Waals surface area contributed by atoms with Crippen molar-refractivity contribution in [2.75, 3.05) is 6.54 Å². The maximum absolute atomic E-state index is 11.3. The molecule has 0 fully saturated rings. The van der Waals surface area contributed by atoms with Crippen molar-refractivity contribution in [2.24, 2.45) is 5.73 Å². The van der Waals surface area contributed by atoms with Crippen LogP contribution in [-0.4, -0.2) is 21.5 Å². The Balaban J connectivity index is 2.15. The first-order valence-electron chi connectivity index (χ1n) is 5.58. The van der Waals surface area contributed by atoms with E-state index in [0.29, 0.717) is 17.4 Å². The predicted molar refractivity (Wildman–Crippen MR) is 70.7 cm³/mol. The molecule has 3 N–H and O–H groups in total. The first kappa shape index (κ1) is 12.8. The van der Waals surface area contributed by atoms with Crippen molar-refractivity contribution >= 4 is 11.8 Å². The van der Waals surface area contributed by atoms with Crippen molar-refractivity contribution in [3.8, 4) is 0 Å². The van der Waals surface area contributed by atoms with Crippen molar-refractivity contribution in [3.63, 3.8) is 0 Å². The number of pyridine rings is 1. The van der Waals surface area contributed by atoms with Crippen LogP contribution in [0.5, 0.6) is 0 Å². The van der Waals surface area contributed by atoms with E-state index in [9.17, 15) is 4.79 Å². The van der Waals surface area contributed by atoms with Gasteiger partial charge in [0.25, 0.3) is 5.56 Å². The second kappa shape index (κ2) is 5.79. The van der Waals surface area contributed by atoms with E-state index in [1.165, 1.54) is 17.8 Å². The second-order valence-corrected chi connectivity index (χ2v) is 4.85. The first-order chi connectivity index (χ1) is 8.67. The van der Waals surface area contributed by atoms with Gasteiger partial charge in [0.15, 0.2) is 5.16 Å². The number of aromatic nitrogens is 3. The quantitative estimate of drug-likeness (QED) is 0.807. The number of aryl methyl sites for hydroxylation is 1. The van der Waals surface area contributed by atoms with Crippen LogP contribution in [0, 0.1) is 6.92 Å². The van der Waals surface area contributed by atoms with Crippen LogP contribution in [0.25, 0.3) is 0 Å². The molecule has 0 aliphatic rings. The molecule has 0 amide bonds. The zero-order chi connectivity index (χ0) is 13.0. The molecular weight excluding hydrogens is 248 g/mol. The second-order valence-electron chi connectivity index (χ2n) is 3.84. The van der Waals surface area contributed by atoms with Crippen LogP contribution in [0.15, 0.2) is 39.4 Å². The molecule has 2 aromatic heterocycles. The van der Waals surface area contributed by atoms with Gasteiger partial charge in [-0.1, -0.05) is 6.07 Å². The van der Waals surface area contributed by atoms with Gasteiger partial charge in [0, 0.05) is 18.0 Å². The number of nitrogens with zero attached hydrogens (tertiary/aromatic N) is 2. The molecular formula is C12H14N4OS. The molecule has 0 unspecified atom stereocenters. The SMILES string of the molecule is Cc1cc(=O)[nH]c(Sc2ccc(CCN)cn2)n1. The summed E-state index contributed by atoms with van der Waals surface area (Å²) >= 11 is 1.33. The van der Waals surface area contributed by atoms with E-state index in [1.54, 1.807) is 13.1 Å². The smallest absolute Gasteiger partial charge is 0.251 e. The molecule has 18 heavy (non-hydrogen) atoms. The Morgan fingerprint density at radius 1 is 1.44 bits per heavy atom. The van der Waals surface area contributed by atoms with Crippen LogP contribution in [-0.2, 0) is 6.42 Å². The lowest BCUT2D eigenvalue weighted by Gasteiger charge is -2.02. The summed E-state index contributed by atoms with van der Waals surface area (Å²) in [6.07, 6.45) is 2.61. The molecule has 5 nitrogen and oxygen atoms in total. The third-order valence-corrected chi connectivity index (χ3v) is 3.12. The largest absolute Gasteiger partial charge is 0.330 e. The van der Waals surface area contributed by atoms with Crippen LogP contribution >= 0.6 is 11.8 Å². The molecule has 2 heterocycles. The van der Waals surface area contributed by atoms with E-state index in [1.807, 2.05) is 12.1 Å². The van der Waals surface area contributed by atoms with Gasteiger partial charge in [-0.05, 0) is 43.3 Å². The Morgan fingerprint density at radius 3 is 2.89 bits per heavy atom. The molecule has 0 bridgehead atoms. The van der Waals surface area contributed by atoms with Gasteiger partial charge in [0.2, 0.25) is 0 Å². The van der Waals surface area contributed by atoms with Gasteiger partial charge in [-0.25, -0.2) is 9.97 Å². The van der Waals surface area contributed by atoms with E-state index < -0.39 is 0 Å². The Hall–Kier alpha value is -1.66. The lowest BCUT2D eigenvalue weighted by Crippen LogP contribution is -2.08. The van der Waals surface area contributed by atoms with Gasteiger partial charge < -0.3 is 10.7 Å². The molecule has 2 aromatic rings. The van der Waals surface area contributed by atoms with Crippen LogP contribution in [0.2, 0.25) is 0 Å². The fraction of sp³-hybridized carbons (Fsp3) is 0.250. The first-order valence-corrected chi connectivity index (χ1v) is 6.40. The summed E-state index contributed by atoms with van der Waals surface area (Å²) in [6.45, 7) is 2.40. The Labute approximate surface area is 109 Å². The highest BCUT2D eigenvalue weighted by Crippen LogP contribution is 2.21. The molecule has 0 saturated heterocycles. The number of rotatable bonds is 4. The van der Waals surface area contributed by atoms with E-state index >= 15 is 0 Å². The minimum atomic E-state index is -0.148. The van der Waals surface area contributed by atoms with E-state index in [2.05, 4.69) is 15.0 Å². The Bertz CT molecular complexity index is 579. The van der Waals surface area contributed by atoms with E-state index in [-0.39, 0.29) is 5.56 Å². The third-order valence-electron chi connectivity index (χ3n) is 2.28. The minimum Gasteiger partial charge on any atom is -0.330 e. The molecule has 0 aliphatic heterocycles. The van der Waals surface area contributed by atoms with Crippen LogP contribution < -0.4 is 11.3 Å². The average Bonchev–Trinajstić information content (AvgIpc) is 2.31. The molecule has 0 aliphatic carbocycles. The molecule has 0 saturated carbocycles. The normalized spacial score (nSPS) is 10.6. The summed E-state index contributed by atoms with van der Waals surface area (Å²) in [5, 5.41) is 1.35. The van der Waals surface area contributed by atoms with Crippen molar-refractivity contribution in [1.82, 2.24) is 15.0 Å². The van der Waals surface area contributed by atoms with Gasteiger partial charge in [0.1, 0.15) is 5.03 Å². The molecule has 0 aromatic carbocycles. The molecule has 0 radical (unpaired) electrons. The van der Waals surface area contributed by atoms with Gasteiger partial charge in [0.05, 0.1) is 0 Å². The third kappa shape index (κ3) is 3.41. The highest BCUT2D eigenvalue weighted by atomic mass is 32.2. The number of nitrogens with two attached hydrogens (primary N) is 1. The molecule has 94 valence electrons. The fourth-order valence-corrected chi connectivity index (χ4v) is 2.27. The number of hydrogen-bond donors (Lipinski definition) is 2. The fourth-order valence-electron chi connectivity index (χ4n) is 1.48. The average molecular weight is 262 g/mol. The lowest BCUT2D eigenvalue weighted by atomic mass is 10.2. The number of hydrogen-bond acceptors (Lipinski definition) is 5. The minimum absolute atomic E-state index is 0.148. The molecule has 0 atom stereocenters. The highest BCUT2D eigenvalue weighted by molar-refractivity contribution is 7.99. The van der Waals surface area contributed by atoms with Gasteiger partial charge >= 0.3 is 0 Å². The van der Waals surface area contributed by atoms with Crippen molar-refractivity contribution in [1.29, 1.82) is 0 Å². The zero-order valence-electron chi connectivity index (χ0n) is 10.0. The summed E-state index contributed by atoms with van der Waals surface area (Å²) < 4.78 is 0. The number of aromatic amines is 1. The summed E-state index contributed by atoms with van der Waals surface area (Å²) in [5.41, 5.74) is 7.12. The van der Waals surface area contributed by atoms with Gasteiger partial charge in [-0.15, -0.1) is 0 Å². The predicted octanol–water partition coefficient (Wildman–Crippen LogP) is 1.13. The molecule has 2 rings (SSSR count). The number of nitrogens with one attached hydrogen (secondary N) is 1.